The molecule has 0 saturated heterocycles. The van der Waals surface area contributed by atoms with Crippen LogP contribution in [0.15, 0.2) is 30.3 Å². The zero-order chi connectivity index (χ0) is 12.9. The van der Waals surface area contributed by atoms with Crippen LogP contribution in [0.25, 0.3) is 0 Å². The molecule has 0 fully saturated rings. The molecule has 0 amide bonds. The minimum absolute atomic E-state index is 0.232. The molecule has 0 spiro atoms. The van der Waals surface area contributed by atoms with Gasteiger partial charge in [0.15, 0.2) is 0 Å². The molecule has 2 nitrogen and oxygen atoms in total. The van der Waals surface area contributed by atoms with Gasteiger partial charge >= 0.3 is 0 Å². The molecule has 0 aromatic heterocycles. The lowest BCUT2D eigenvalue weighted by atomic mass is 9.94. The zero-order valence-corrected chi connectivity index (χ0v) is 11.4. The van der Waals surface area contributed by atoms with Crippen LogP contribution in [-0.4, -0.2) is 17.8 Å². The third kappa shape index (κ3) is 5.85. The van der Waals surface area contributed by atoms with E-state index in [2.05, 4.69) is 38.2 Å². The van der Waals surface area contributed by atoms with E-state index in [9.17, 15) is 5.11 Å². The number of hydrogen-bond acceptors (Lipinski definition) is 2. The largest absolute Gasteiger partial charge is 0.393 e. The average molecular weight is 235 g/mol. The Bertz CT molecular complexity index is 313. The number of benzene rings is 1. The SMILES string of the molecule is C[C@H](O)C[C@@H](NCC(C)(C)C)c1ccccc1. The summed E-state index contributed by atoms with van der Waals surface area (Å²) in [6.45, 7) is 9.42. The summed E-state index contributed by atoms with van der Waals surface area (Å²) >= 11 is 0. The van der Waals surface area contributed by atoms with Gasteiger partial charge in [0, 0.05) is 12.6 Å². The Labute approximate surface area is 105 Å². The maximum atomic E-state index is 9.57. The van der Waals surface area contributed by atoms with Crippen molar-refractivity contribution in [1.29, 1.82) is 0 Å². The molecule has 1 aromatic rings. The summed E-state index contributed by atoms with van der Waals surface area (Å²) < 4.78 is 0. The number of aliphatic hydroxyl groups excluding tert-OH is 1. The topological polar surface area (TPSA) is 32.3 Å². The molecule has 1 aromatic carbocycles. The van der Waals surface area contributed by atoms with Crippen molar-refractivity contribution in [2.24, 2.45) is 5.41 Å². The van der Waals surface area contributed by atoms with Crippen molar-refractivity contribution >= 4 is 0 Å². The number of nitrogens with one attached hydrogen (secondary N) is 1. The van der Waals surface area contributed by atoms with Crippen molar-refractivity contribution in [3.05, 3.63) is 35.9 Å². The molecule has 0 radical (unpaired) electrons. The van der Waals surface area contributed by atoms with Crippen LogP contribution in [0.3, 0.4) is 0 Å². The molecule has 2 heteroatoms. The van der Waals surface area contributed by atoms with Gasteiger partial charge in [0.05, 0.1) is 6.10 Å². The monoisotopic (exact) mass is 235 g/mol. The van der Waals surface area contributed by atoms with E-state index < -0.39 is 0 Å². The van der Waals surface area contributed by atoms with E-state index in [0.29, 0.717) is 0 Å². The van der Waals surface area contributed by atoms with Crippen molar-refractivity contribution in [3.63, 3.8) is 0 Å². The molecule has 2 atom stereocenters. The van der Waals surface area contributed by atoms with Gasteiger partial charge < -0.3 is 10.4 Å². The second-order valence-electron chi connectivity index (χ2n) is 5.99. The first-order valence-corrected chi connectivity index (χ1v) is 6.35. The predicted molar refractivity (Wildman–Crippen MR) is 72.9 cm³/mol. The van der Waals surface area contributed by atoms with E-state index in [-0.39, 0.29) is 17.6 Å². The van der Waals surface area contributed by atoms with Crippen LogP contribution in [0.4, 0.5) is 0 Å². The molecule has 0 bridgehead atoms. The number of hydrogen-bond donors (Lipinski definition) is 2. The lowest BCUT2D eigenvalue weighted by molar-refractivity contribution is 0.164. The van der Waals surface area contributed by atoms with E-state index in [4.69, 9.17) is 0 Å². The van der Waals surface area contributed by atoms with E-state index >= 15 is 0 Å². The van der Waals surface area contributed by atoms with Crippen molar-refractivity contribution in [2.75, 3.05) is 6.54 Å². The quantitative estimate of drug-likeness (QED) is 0.822. The first-order valence-electron chi connectivity index (χ1n) is 6.35. The Hall–Kier alpha value is -0.860. The van der Waals surface area contributed by atoms with Crippen LogP contribution in [0, 0.1) is 5.41 Å². The Morgan fingerprint density at radius 3 is 2.24 bits per heavy atom. The van der Waals surface area contributed by atoms with E-state index in [1.54, 1.807) is 0 Å². The summed E-state index contributed by atoms with van der Waals surface area (Å²) in [6.07, 6.45) is 0.466. The lowest BCUT2D eigenvalue weighted by Gasteiger charge is -2.26. The summed E-state index contributed by atoms with van der Waals surface area (Å²) in [5.41, 5.74) is 1.50. The molecular formula is C15H25NO. The smallest absolute Gasteiger partial charge is 0.0530 e. The fraction of sp³-hybridized carbons (Fsp3) is 0.600. The third-order valence-electron chi connectivity index (χ3n) is 2.66. The molecular weight excluding hydrogens is 210 g/mol. The van der Waals surface area contributed by atoms with Gasteiger partial charge in [-0.15, -0.1) is 0 Å². The second kappa shape index (κ2) is 6.18. The van der Waals surface area contributed by atoms with Gasteiger partial charge in [-0.25, -0.2) is 0 Å². The van der Waals surface area contributed by atoms with Gasteiger partial charge in [0.2, 0.25) is 0 Å². The Morgan fingerprint density at radius 1 is 1.18 bits per heavy atom. The predicted octanol–water partition coefficient (Wildman–Crippen LogP) is 3.13. The van der Waals surface area contributed by atoms with Gasteiger partial charge in [-0.3, -0.25) is 0 Å². The van der Waals surface area contributed by atoms with Gasteiger partial charge in [0.25, 0.3) is 0 Å². The summed E-state index contributed by atoms with van der Waals surface area (Å²) in [4.78, 5) is 0. The maximum Gasteiger partial charge on any atom is 0.0530 e. The van der Waals surface area contributed by atoms with Crippen molar-refractivity contribution < 1.29 is 5.11 Å². The van der Waals surface area contributed by atoms with E-state index in [0.717, 1.165) is 13.0 Å². The highest BCUT2D eigenvalue weighted by molar-refractivity contribution is 5.19. The molecule has 2 N–H and O–H groups in total. The van der Waals surface area contributed by atoms with Crippen LogP contribution in [0.2, 0.25) is 0 Å². The zero-order valence-electron chi connectivity index (χ0n) is 11.4. The Morgan fingerprint density at radius 2 is 1.76 bits per heavy atom. The molecule has 1 rings (SSSR count). The van der Waals surface area contributed by atoms with Crippen LogP contribution in [-0.2, 0) is 0 Å². The molecule has 0 aliphatic heterocycles. The highest BCUT2D eigenvalue weighted by Crippen LogP contribution is 2.20. The normalized spacial score (nSPS) is 15.6. The minimum Gasteiger partial charge on any atom is -0.393 e. The molecule has 96 valence electrons. The van der Waals surface area contributed by atoms with Crippen LogP contribution in [0.5, 0.6) is 0 Å². The molecule has 0 unspecified atom stereocenters. The van der Waals surface area contributed by atoms with Crippen LogP contribution in [0.1, 0.15) is 45.7 Å². The highest BCUT2D eigenvalue weighted by Gasteiger charge is 2.17. The molecule has 0 aliphatic rings. The maximum absolute atomic E-state index is 9.57. The van der Waals surface area contributed by atoms with Crippen molar-refractivity contribution in [1.82, 2.24) is 5.32 Å². The van der Waals surface area contributed by atoms with Crippen molar-refractivity contribution in [3.8, 4) is 0 Å². The fourth-order valence-corrected chi connectivity index (χ4v) is 1.79. The van der Waals surface area contributed by atoms with Crippen LogP contribution >= 0.6 is 0 Å². The molecule has 0 aliphatic carbocycles. The average Bonchev–Trinajstić information content (AvgIpc) is 2.24. The number of rotatable bonds is 5. The Balaban J connectivity index is 2.68. The van der Waals surface area contributed by atoms with Crippen LogP contribution < -0.4 is 5.32 Å². The summed E-state index contributed by atoms with van der Waals surface area (Å²) in [5, 5.41) is 13.1. The van der Waals surface area contributed by atoms with Crippen molar-refractivity contribution in [2.45, 2.75) is 46.3 Å². The summed E-state index contributed by atoms with van der Waals surface area (Å²) in [6, 6.07) is 10.6. The van der Waals surface area contributed by atoms with Gasteiger partial charge in [-0.05, 0) is 24.3 Å². The minimum atomic E-state index is -0.285. The van der Waals surface area contributed by atoms with E-state index in [1.165, 1.54) is 5.56 Å². The standard InChI is InChI=1S/C15H25NO/c1-12(17)10-14(16-11-15(2,3)4)13-8-6-5-7-9-13/h5-9,12,14,16-17H,10-11H2,1-4H3/t12-,14+/m0/s1. The van der Waals surface area contributed by atoms with Gasteiger partial charge in [0.1, 0.15) is 0 Å². The highest BCUT2D eigenvalue weighted by atomic mass is 16.3. The first kappa shape index (κ1) is 14.2. The Kier molecular flexibility index (Phi) is 5.16. The van der Waals surface area contributed by atoms with Gasteiger partial charge in [-0.2, -0.15) is 0 Å². The second-order valence-corrected chi connectivity index (χ2v) is 5.99. The first-order chi connectivity index (χ1) is 7.88. The molecule has 0 saturated carbocycles. The van der Waals surface area contributed by atoms with Gasteiger partial charge in [-0.1, -0.05) is 51.1 Å². The molecule has 17 heavy (non-hydrogen) atoms. The summed E-state index contributed by atoms with van der Waals surface area (Å²) in [7, 11) is 0. The lowest BCUT2D eigenvalue weighted by Crippen LogP contribution is -2.32. The molecule has 0 heterocycles. The number of aliphatic hydroxyl groups is 1. The summed E-state index contributed by atoms with van der Waals surface area (Å²) in [5.74, 6) is 0. The third-order valence-corrected chi connectivity index (χ3v) is 2.66. The fourth-order valence-electron chi connectivity index (χ4n) is 1.79. The van der Waals surface area contributed by atoms with E-state index in [1.807, 2.05) is 25.1 Å².